The van der Waals surface area contributed by atoms with Crippen molar-refractivity contribution >= 4 is 17.2 Å². The number of aryl methyl sites for hydroxylation is 1. The molecule has 2 unspecified atom stereocenters. The van der Waals surface area contributed by atoms with Crippen LogP contribution in [0.5, 0.6) is 0 Å². The summed E-state index contributed by atoms with van der Waals surface area (Å²) < 4.78 is 16.9. The number of benzene rings is 1. The van der Waals surface area contributed by atoms with Crippen LogP contribution < -0.4 is 0 Å². The minimum absolute atomic E-state index is 0.232. The summed E-state index contributed by atoms with van der Waals surface area (Å²) in [7, 11) is 0. The number of hydrogen-bond donors (Lipinski definition) is 1. The molecule has 3 heterocycles. The Hall–Kier alpha value is -2.12. The molecule has 1 amide bonds. The second kappa shape index (κ2) is 6.21. The summed E-state index contributed by atoms with van der Waals surface area (Å²) in [4.78, 5) is 18.8. The van der Waals surface area contributed by atoms with Gasteiger partial charge in [0.15, 0.2) is 11.5 Å². The number of aliphatic hydroxyl groups is 1. The van der Waals surface area contributed by atoms with Gasteiger partial charge in [0.2, 0.25) is 0 Å². The molecule has 7 heteroatoms. The van der Waals surface area contributed by atoms with Gasteiger partial charge >= 0.3 is 6.09 Å². The summed E-state index contributed by atoms with van der Waals surface area (Å²) in [5.41, 5.74) is 0.609. The maximum atomic E-state index is 12.7. The van der Waals surface area contributed by atoms with Crippen molar-refractivity contribution in [2.24, 2.45) is 0 Å². The first-order chi connectivity index (χ1) is 12.6. The van der Waals surface area contributed by atoms with E-state index in [0.29, 0.717) is 37.5 Å². The van der Waals surface area contributed by atoms with E-state index in [9.17, 15) is 9.90 Å². The number of rotatable bonds is 1. The minimum atomic E-state index is -1.05. The fourth-order valence-corrected chi connectivity index (χ4v) is 4.15. The van der Waals surface area contributed by atoms with E-state index in [2.05, 4.69) is 4.98 Å². The molecular formula is C20H26N2O5. The van der Waals surface area contributed by atoms with Crippen LogP contribution >= 0.6 is 0 Å². The molecule has 0 radical (unpaired) electrons. The van der Waals surface area contributed by atoms with Gasteiger partial charge in [0.1, 0.15) is 11.1 Å². The first kappa shape index (κ1) is 18.3. The summed E-state index contributed by atoms with van der Waals surface area (Å²) in [6, 6.07) is 5.15. The molecular weight excluding hydrogens is 348 g/mol. The van der Waals surface area contributed by atoms with E-state index in [1.54, 1.807) is 11.8 Å². The number of carbonyl (C=O) groups excluding carboxylic acids is 1. The summed E-state index contributed by atoms with van der Waals surface area (Å²) in [5, 5.41) is 11.5. The Balaban J connectivity index is 1.62. The monoisotopic (exact) mass is 374 g/mol. The number of morpholine rings is 1. The van der Waals surface area contributed by atoms with Crippen molar-refractivity contribution < 1.29 is 23.8 Å². The molecule has 7 nitrogen and oxygen atoms in total. The zero-order chi connectivity index (χ0) is 19.4. The van der Waals surface area contributed by atoms with Gasteiger partial charge in [-0.2, -0.15) is 0 Å². The second-order valence-electron chi connectivity index (χ2n) is 8.59. The molecule has 2 atom stereocenters. The lowest BCUT2D eigenvalue weighted by Crippen LogP contribution is -2.63. The highest BCUT2D eigenvalue weighted by Gasteiger charge is 2.50. The standard InChI is InChI=1S/C20H26N2O5/c1-12-21-16-6-5-13(7-17(16)26-12)20(24)8-14-10-25-11-15(9-20)22(14)18(23)27-19(2,3)4/h5-7,14-15,24H,8-11H2,1-4H3. The van der Waals surface area contributed by atoms with Gasteiger partial charge < -0.3 is 19.0 Å². The number of nitrogens with zero attached hydrogens (tertiary/aromatic N) is 2. The smallest absolute Gasteiger partial charge is 0.410 e. The molecule has 0 saturated carbocycles. The first-order valence-corrected chi connectivity index (χ1v) is 9.34. The van der Waals surface area contributed by atoms with Crippen LogP contribution in [0.25, 0.3) is 11.1 Å². The predicted octanol–water partition coefficient (Wildman–Crippen LogP) is 3.12. The highest BCUT2D eigenvalue weighted by molar-refractivity contribution is 5.74. The SMILES string of the molecule is Cc1nc2ccc(C3(O)CC4COCC(C3)N4C(=O)OC(C)(C)C)cc2o1. The Kier molecular flexibility index (Phi) is 4.20. The topological polar surface area (TPSA) is 85.0 Å². The molecule has 0 aliphatic carbocycles. The maximum Gasteiger partial charge on any atom is 0.410 e. The van der Waals surface area contributed by atoms with Crippen molar-refractivity contribution in [3.63, 3.8) is 0 Å². The largest absolute Gasteiger partial charge is 0.444 e. The Labute approximate surface area is 158 Å². The first-order valence-electron chi connectivity index (χ1n) is 9.34. The third kappa shape index (κ3) is 3.41. The molecule has 0 spiro atoms. The van der Waals surface area contributed by atoms with E-state index >= 15 is 0 Å². The zero-order valence-corrected chi connectivity index (χ0v) is 16.2. The molecule has 2 aromatic rings. The summed E-state index contributed by atoms with van der Waals surface area (Å²) in [6.07, 6.45) is 0.437. The number of ether oxygens (including phenoxy) is 2. The van der Waals surface area contributed by atoms with E-state index in [-0.39, 0.29) is 18.2 Å². The molecule has 1 N–H and O–H groups in total. The Morgan fingerprint density at radius 3 is 2.59 bits per heavy atom. The normalized spacial score (nSPS) is 28.4. The van der Waals surface area contributed by atoms with Gasteiger partial charge in [-0.25, -0.2) is 9.78 Å². The maximum absolute atomic E-state index is 12.7. The van der Waals surface area contributed by atoms with E-state index in [1.165, 1.54) is 0 Å². The number of carbonyl (C=O) groups is 1. The van der Waals surface area contributed by atoms with Crippen LogP contribution in [0.15, 0.2) is 22.6 Å². The van der Waals surface area contributed by atoms with Crippen molar-refractivity contribution in [1.82, 2.24) is 9.88 Å². The lowest BCUT2D eigenvalue weighted by atomic mass is 9.77. The fraction of sp³-hybridized carbons (Fsp3) is 0.600. The molecule has 1 aromatic heterocycles. The molecule has 146 valence electrons. The molecule has 2 aliphatic heterocycles. The molecule has 2 bridgehead atoms. The highest BCUT2D eigenvalue weighted by Crippen LogP contribution is 2.42. The van der Waals surface area contributed by atoms with Crippen LogP contribution in [0.3, 0.4) is 0 Å². The van der Waals surface area contributed by atoms with Crippen LogP contribution in [-0.4, -0.2) is 52.0 Å². The van der Waals surface area contributed by atoms with Gasteiger partial charge in [0, 0.05) is 19.8 Å². The Morgan fingerprint density at radius 1 is 1.30 bits per heavy atom. The predicted molar refractivity (Wildman–Crippen MR) is 98.3 cm³/mol. The van der Waals surface area contributed by atoms with Crippen LogP contribution in [0.4, 0.5) is 4.79 Å². The van der Waals surface area contributed by atoms with Gasteiger partial charge in [0.05, 0.1) is 30.9 Å². The molecule has 27 heavy (non-hydrogen) atoms. The average molecular weight is 374 g/mol. The summed E-state index contributed by atoms with van der Waals surface area (Å²) >= 11 is 0. The number of aromatic nitrogens is 1. The van der Waals surface area contributed by atoms with Crippen LogP contribution in [0.1, 0.15) is 45.1 Å². The number of fused-ring (bicyclic) bond motifs is 3. The molecule has 4 rings (SSSR count). The number of amides is 1. The van der Waals surface area contributed by atoms with E-state index in [4.69, 9.17) is 13.9 Å². The third-order valence-corrected chi connectivity index (χ3v) is 5.19. The summed E-state index contributed by atoms with van der Waals surface area (Å²) in [5.74, 6) is 0.596. The number of hydrogen-bond acceptors (Lipinski definition) is 6. The van der Waals surface area contributed by atoms with Crippen molar-refractivity contribution in [1.29, 1.82) is 0 Å². The van der Waals surface area contributed by atoms with E-state index in [0.717, 1.165) is 11.1 Å². The van der Waals surface area contributed by atoms with Gasteiger partial charge in [-0.1, -0.05) is 6.07 Å². The van der Waals surface area contributed by atoms with E-state index in [1.807, 2.05) is 39.0 Å². The van der Waals surface area contributed by atoms with Crippen molar-refractivity contribution in [3.05, 3.63) is 29.7 Å². The van der Waals surface area contributed by atoms with E-state index < -0.39 is 11.2 Å². The molecule has 2 aliphatic rings. The lowest BCUT2D eigenvalue weighted by Gasteiger charge is -2.51. The van der Waals surface area contributed by atoms with Crippen LogP contribution in [0.2, 0.25) is 0 Å². The fourth-order valence-electron chi connectivity index (χ4n) is 4.15. The van der Waals surface area contributed by atoms with Gasteiger partial charge in [0.25, 0.3) is 0 Å². The Bertz CT molecular complexity index is 855. The van der Waals surface area contributed by atoms with Gasteiger partial charge in [-0.05, 0) is 38.5 Å². The van der Waals surface area contributed by atoms with Crippen molar-refractivity contribution in [2.75, 3.05) is 13.2 Å². The minimum Gasteiger partial charge on any atom is -0.444 e. The van der Waals surface area contributed by atoms with Crippen molar-refractivity contribution in [2.45, 2.75) is 63.8 Å². The highest BCUT2D eigenvalue weighted by atomic mass is 16.6. The summed E-state index contributed by atoms with van der Waals surface area (Å²) in [6.45, 7) is 8.14. The van der Waals surface area contributed by atoms with Crippen LogP contribution in [-0.2, 0) is 15.1 Å². The second-order valence-corrected chi connectivity index (χ2v) is 8.59. The average Bonchev–Trinajstić information content (AvgIpc) is 2.91. The number of oxazole rings is 1. The number of piperidine rings is 1. The molecule has 1 aromatic carbocycles. The molecule has 2 fully saturated rings. The lowest BCUT2D eigenvalue weighted by molar-refractivity contribution is -0.141. The van der Waals surface area contributed by atoms with Gasteiger partial charge in [-0.3, -0.25) is 4.90 Å². The van der Waals surface area contributed by atoms with Crippen molar-refractivity contribution in [3.8, 4) is 0 Å². The van der Waals surface area contributed by atoms with Gasteiger partial charge in [-0.15, -0.1) is 0 Å². The van der Waals surface area contributed by atoms with Crippen LogP contribution in [0, 0.1) is 6.92 Å². The quantitative estimate of drug-likeness (QED) is 0.825. The molecule has 2 saturated heterocycles. The third-order valence-electron chi connectivity index (χ3n) is 5.19. The Morgan fingerprint density at radius 2 is 1.96 bits per heavy atom. The zero-order valence-electron chi connectivity index (χ0n) is 16.2.